The van der Waals surface area contributed by atoms with Gasteiger partial charge in [0.2, 0.25) is 17.2 Å². The third-order valence-corrected chi connectivity index (χ3v) is 20.3. The van der Waals surface area contributed by atoms with Crippen LogP contribution >= 0.6 is 23.5 Å². The zero-order valence-electron chi connectivity index (χ0n) is 49.1. The van der Waals surface area contributed by atoms with Crippen molar-refractivity contribution in [2.45, 2.75) is 90.6 Å². The number of nitrogens with zero attached hydrogens (tertiary/aromatic N) is 5. The van der Waals surface area contributed by atoms with Crippen molar-refractivity contribution in [2.75, 3.05) is 62.0 Å². The average molecular weight is 1330 g/mol. The Morgan fingerprint density at radius 3 is 2.26 bits per heavy atom. The van der Waals surface area contributed by atoms with Crippen LogP contribution in [-0.2, 0) is 56.6 Å². The molecule has 478 valence electrons. The second kappa shape index (κ2) is 24.8. The molecule has 5 aromatic rings. The standard InChI is InChI=1S/C55H65N8O21P3S2/c1-8-62-42-24-44-40(22-38(42)33(26-54(62,3)4)30-88(74,75)76)49(41-23-39-34(31-89(77,78)79)27-55(5,6)63(9-2)43(39)25-45(41)82-44)36-15-10-11-16-37(36)52(66)60(7)21-13-17-46(64)57-20-12-14-32-28-61(50-48(32)51(65)59-53(56)58-50)47-19-18-35(81-47)29-80-86(70,71)84-87(72,73)83-85(67,68)69/h10-11,15-16,22-28,35,47H,8-9,13,17-21,29-31H2,1-7H3,(H9-,56,57,58,59,64,65,67,68,69,70,71,72,73,74,75,76,77,78,79)/p+1/t35-,47+/m0/s1. The number of benzene rings is 3. The maximum absolute atomic E-state index is 14.8. The van der Waals surface area contributed by atoms with Crippen LogP contribution in [-0.4, -0.2) is 145 Å². The van der Waals surface area contributed by atoms with Gasteiger partial charge in [-0.3, -0.25) is 33.0 Å². The molecular formula is C55H66N8O21P3S2+. The fourth-order valence-corrected chi connectivity index (χ4v) is 16.1. The van der Waals surface area contributed by atoms with Crippen molar-refractivity contribution in [2.24, 2.45) is 0 Å². The normalized spacial score (nSPS) is 19.0. The lowest BCUT2D eigenvalue weighted by Crippen LogP contribution is -2.50. The summed E-state index contributed by atoms with van der Waals surface area (Å²) >= 11 is 0. The van der Waals surface area contributed by atoms with Crippen LogP contribution in [0.4, 0.5) is 11.6 Å². The van der Waals surface area contributed by atoms with Crippen LogP contribution in [0.15, 0.2) is 71.7 Å². The molecule has 1 fully saturated rings. The number of fused-ring (bicyclic) bond motifs is 5. The maximum Gasteiger partial charge on any atom is 0.490 e. The second-order valence-corrected chi connectivity index (χ2v) is 29.9. The number of ether oxygens (including phenoxy) is 2. The maximum atomic E-state index is 14.8. The van der Waals surface area contributed by atoms with E-state index in [2.05, 4.69) is 45.2 Å². The number of carbonyl (C=O) groups is 2. The van der Waals surface area contributed by atoms with Crippen LogP contribution in [0.2, 0.25) is 0 Å². The molecule has 3 aromatic carbocycles. The van der Waals surface area contributed by atoms with Gasteiger partial charge >= 0.3 is 23.5 Å². The number of phosphoric ester groups is 1. The number of nitrogens with one attached hydrogen (secondary N) is 2. The lowest BCUT2D eigenvalue weighted by molar-refractivity contribution is -0.121. The largest absolute Gasteiger partial charge is 0.490 e. The molecule has 2 aromatic heterocycles. The van der Waals surface area contributed by atoms with Crippen LogP contribution < -0.4 is 41.4 Å². The molecule has 0 bridgehead atoms. The molecule has 0 aliphatic carbocycles. The van der Waals surface area contributed by atoms with Gasteiger partial charge < -0.3 is 54.5 Å². The number of nitrogens with two attached hydrogens (primary N) is 1. The number of nitrogen functional groups attached to an aromatic ring is 1. The molecule has 6 heterocycles. The number of hydrogen-bond acceptors (Lipinski definition) is 18. The van der Waals surface area contributed by atoms with Gasteiger partial charge in [0, 0.05) is 85.8 Å². The van der Waals surface area contributed by atoms with Crippen molar-refractivity contribution in [3.05, 3.63) is 121 Å². The smallest absolute Gasteiger partial charge is 0.456 e. The molecule has 4 atom stereocenters. The summed E-state index contributed by atoms with van der Waals surface area (Å²) in [5.74, 6) is 3.89. The van der Waals surface area contributed by atoms with E-state index in [0.717, 1.165) is 0 Å². The number of anilines is 2. The fraction of sp³-hybridized carbons (Fsp3) is 0.400. The Labute approximate surface area is 510 Å². The lowest BCUT2D eigenvalue weighted by atomic mass is 9.83. The van der Waals surface area contributed by atoms with E-state index in [1.54, 1.807) is 55.6 Å². The first-order valence-electron chi connectivity index (χ1n) is 27.6. The van der Waals surface area contributed by atoms with Crippen molar-refractivity contribution in [1.82, 2.24) is 29.3 Å². The molecule has 0 spiro atoms. The van der Waals surface area contributed by atoms with Crippen LogP contribution in [0, 0.1) is 11.8 Å². The van der Waals surface area contributed by atoms with Gasteiger partial charge in [-0.2, -0.15) is 30.4 Å². The van der Waals surface area contributed by atoms with Gasteiger partial charge in [0.25, 0.3) is 31.7 Å². The highest BCUT2D eigenvalue weighted by atomic mass is 32.2. The molecule has 0 radical (unpaired) electrons. The summed E-state index contributed by atoms with van der Waals surface area (Å²) in [7, 11) is -24.3. The second-order valence-electron chi connectivity index (χ2n) is 22.5. The van der Waals surface area contributed by atoms with Gasteiger partial charge in [-0.1, -0.05) is 36.1 Å². The highest BCUT2D eigenvalue weighted by Gasteiger charge is 2.43. The van der Waals surface area contributed by atoms with Gasteiger partial charge in [0.05, 0.1) is 47.4 Å². The van der Waals surface area contributed by atoms with Gasteiger partial charge in [-0.25, -0.2) is 18.3 Å². The Bertz CT molecular complexity index is 4490. The molecule has 89 heavy (non-hydrogen) atoms. The van der Waals surface area contributed by atoms with Crippen LogP contribution in [0.25, 0.3) is 27.8 Å². The van der Waals surface area contributed by atoms with E-state index in [1.807, 2.05) is 53.7 Å². The fourth-order valence-electron chi connectivity index (χ4n) is 11.8. The molecule has 9 rings (SSSR count). The molecule has 4 aliphatic rings. The summed E-state index contributed by atoms with van der Waals surface area (Å²) in [6.07, 6.45) is 3.70. The predicted molar refractivity (Wildman–Crippen MR) is 326 cm³/mol. The molecule has 2 amide bonds. The number of hydrogen-bond donors (Lipinski definition) is 9. The number of rotatable bonds is 21. The first-order chi connectivity index (χ1) is 41.4. The first-order valence-corrected chi connectivity index (χ1v) is 35.4. The Morgan fingerprint density at radius 1 is 0.910 bits per heavy atom. The first kappa shape index (κ1) is 66.7. The molecule has 1 saturated heterocycles. The number of carbonyl (C=O) groups excluding carboxylic acids is 2. The van der Waals surface area contributed by atoms with Crippen molar-refractivity contribution in [1.29, 1.82) is 0 Å². The summed E-state index contributed by atoms with van der Waals surface area (Å²) in [5.41, 5.74) is 7.86. The van der Waals surface area contributed by atoms with E-state index in [-0.39, 0.29) is 66.9 Å². The molecule has 0 saturated carbocycles. The zero-order chi connectivity index (χ0) is 65.1. The minimum absolute atomic E-state index is 0.0119. The van der Waals surface area contributed by atoms with E-state index < -0.39 is 103 Å². The van der Waals surface area contributed by atoms with E-state index in [4.69, 9.17) is 29.5 Å². The summed E-state index contributed by atoms with van der Waals surface area (Å²) in [5, 5.41) is 3.80. The van der Waals surface area contributed by atoms with Gasteiger partial charge in [-0.05, 0) is 87.9 Å². The van der Waals surface area contributed by atoms with Gasteiger partial charge in [0.1, 0.15) is 35.8 Å². The number of amides is 2. The van der Waals surface area contributed by atoms with Crippen LogP contribution in [0.3, 0.4) is 0 Å². The van der Waals surface area contributed by atoms with E-state index in [1.165, 1.54) is 15.7 Å². The summed E-state index contributed by atoms with van der Waals surface area (Å²) in [6.45, 7) is 11.8. The Hall–Kier alpha value is -6.68. The van der Waals surface area contributed by atoms with Crippen molar-refractivity contribution < 1.29 is 91.4 Å². The van der Waals surface area contributed by atoms with Crippen LogP contribution in [0.1, 0.15) is 112 Å². The predicted octanol–water partition coefficient (Wildman–Crippen LogP) is 4.16. The lowest BCUT2D eigenvalue weighted by Gasteiger charge is -2.43. The van der Waals surface area contributed by atoms with Crippen LogP contribution in [0.5, 0.6) is 11.5 Å². The number of aromatic nitrogens is 3. The highest BCUT2D eigenvalue weighted by molar-refractivity contribution is 7.86. The number of likely N-dealkylation sites (N-methyl/N-ethyl adjacent to an activating group) is 2. The van der Waals surface area contributed by atoms with Crippen molar-refractivity contribution in [3.8, 4) is 23.3 Å². The molecule has 2 unspecified atom stereocenters. The van der Waals surface area contributed by atoms with Crippen molar-refractivity contribution in [3.63, 3.8) is 0 Å². The summed E-state index contributed by atoms with van der Waals surface area (Å²) < 4.78 is 135. The molecular weight excluding hydrogens is 1270 g/mol. The summed E-state index contributed by atoms with van der Waals surface area (Å²) in [4.78, 5) is 88.4. The van der Waals surface area contributed by atoms with E-state index >= 15 is 0 Å². The molecule has 4 aliphatic heterocycles. The third kappa shape index (κ3) is 15.1. The monoisotopic (exact) mass is 1330 g/mol. The Kier molecular flexibility index (Phi) is 18.6. The minimum atomic E-state index is -5.76. The number of phosphoric acid groups is 3. The summed E-state index contributed by atoms with van der Waals surface area (Å²) in [6, 6.07) is 14.0. The topological polar surface area (TPSA) is 419 Å². The van der Waals surface area contributed by atoms with E-state index in [0.29, 0.717) is 79.8 Å². The third-order valence-electron chi connectivity index (χ3n) is 15.2. The number of H-pyrrole nitrogens is 1. The molecule has 34 heteroatoms. The molecule has 10 N–H and O–H groups in total. The molecule has 29 nitrogen and oxygen atoms in total. The van der Waals surface area contributed by atoms with Gasteiger partial charge in [-0.15, -0.1) is 0 Å². The Morgan fingerprint density at radius 2 is 1.60 bits per heavy atom. The van der Waals surface area contributed by atoms with Crippen molar-refractivity contribution >= 4 is 94.9 Å². The van der Waals surface area contributed by atoms with Gasteiger partial charge in [0.15, 0.2) is 11.2 Å². The number of aromatic amines is 1. The highest BCUT2D eigenvalue weighted by Crippen LogP contribution is 2.66. The SMILES string of the molecule is CCN1c2cc3c(cc2C(CS(=O)(=O)O)=CC1(C)C)C(c1ccccc1C(=O)N(C)CCCC(=O)NCC#Cc1cn([C@H]2CC[C@@H](COP(=O)(O)OP(=O)(O)OP(=O)(O)O)O2)c2nc(N)[nH]c(=O)c12)=c1cc2c(cc1O3)=[N+](CC)C(C)(C)C=C2CS(=O)(=O)O. The minimum Gasteiger partial charge on any atom is -0.456 e. The zero-order valence-corrected chi connectivity index (χ0v) is 53.4. The Balaban J connectivity index is 0.952. The van der Waals surface area contributed by atoms with E-state index in [9.17, 15) is 63.8 Å². The quantitative estimate of drug-likeness (QED) is 0.0211. The average Bonchev–Trinajstić information content (AvgIpc) is 1.26.